The first-order valence-electron chi connectivity index (χ1n) is 8.62. The average Bonchev–Trinajstić information content (AvgIpc) is 2.76. The van der Waals surface area contributed by atoms with E-state index < -0.39 is 22.2 Å². The maximum atomic E-state index is 12.7. The van der Waals surface area contributed by atoms with E-state index in [-0.39, 0.29) is 0 Å². The van der Waals surface area contributed by atoms with Gasteiger partial charge in [-0.1, -0.05) is 60.7 Å². The molecule has 0 radical (unpaired) electrons. The smallest absolute Gasteiger partial charge is 0.189 e. The summed E-state index contributed by atoms with van der Waals surface area (Å²) in [5.74, 6) is 0. The van der Waals surface area contributed by atoms with Crippen LogP contribution in [0.1, 0.15) is 0 Å². The molecular weight excluding hydrogens is 392 g/mol. The summed E-state index contributed by atoms with van der Waals surface area (Å²) in [6.07, 6.45) is 0. The van der Waals surface area contributed by atoms with Crippen molar-refractivity contribution in [3.8, 4) is 11.1 Å². The first-order chi connectivity index (χ1) is 13.7. The lowest BCUT2D eigenvalue weighted by Crippen LogP contribution is -2.02. The van der Waals surface area contributed by atoms with Crippen molar-refractivity contribution in [1.82, 2.24) is 0 Å². The predicted octanol–water partition coefficient (Wildman–Crippen LogP) is 5.00. The van der Waals surface area contributed by atoms with Gasteiger partial charge in [0.05, 0.1) is 24.0 Å². The molecule has 4 aromatic rings. The lowest BCUT2D eigenvalue weighted by Gasteiger charge is -2.17. The molecule has 0 fully saturated rings. The maximum absolute atomic E-state index is 12.7. The van der Waals surface area contributed by atoms with E-state index in [1.54, 1.807) is 12.1 Å². The van der Waals surface area contributed by atoms with E-state index in [2.05, 4.69) is 0 Å². The minimum atomic E-state index is -1.66. The van der Waals surface area contributed by atoms with Gasteiger partial charge in [0.1, 0.15) is 0 Å². The molecule has 28 heavy (non-hydrogen) atoms. The van der Waals surface area contributed by atoms with Crippen molar-refractivity contribution in [2.75, 3.05) is 14.2 Å². The predicted molar refractivity (Wildman–Crippen MR) is 114 cm³/mol. The molecule has 2 unspecified atom stereocenters. The molecule has 0 aromatic heterocycles. The zero-order chi connectivity index (χ0) is 19.7. The third kappa shape index (κ3) is 3.18. The van der Waals surface area contributed by atoms with Crippen LogP contribution in [-0.2, 0) is 30.5 Å². The average molecular weight is 411 g/mol. The lowest BCUT2D eigenvalue weighted by atomic mass is 9.94. The highest BCUT2D eigenvalue weighted by molar-refractivity contribution is 7.80. The van der Waals surface area contributed by atoms with Crippen LogP contribution in [0.25, 0.3) is 32.7 Å². The van der Waals surface area contributed by atoms with Crippen LogP contribution in [0.15, 0.2) is 82.6 Å². The molecule has 0 spiro atoms. The normalized spacial score (nSPS) is 13.6. The number of hydrogen-bond acceptors (Lipinski definition) is 4. The number of rotatable bonds is 5. The summed E-state index contributed by atoms with van der Waals surface area (Å²) in [5.41, 5.74) is 1.49. The Balaban J connectivity index is 2.23. The Morgan fingerprint density at radius 3 is 1.36 bits per heavy atom. The molecule has 4 nitrogen and oxygen atoms in total. The van der Waals surface area contributed by atoms with E-state index in [1.165, 1.54) is 14.2 Å². The van der Waals surface area contributed by atoms with E-state index in [0.29, 0.717) is 9.79 Å². The SMILES string of the molecule is COS(=O)c1ccc2ccccc2c1-c1c(S(=O)OC)ccc2ccccc12. The Bertz CT molecular complexity index is 1140. The number of hydrogen-bond donors (Lipinski definition) is 0. The summed E-state index contributed by atoms with van der Waals surface area (Å²) in [7, 11) is 2.82. The zero-order valence-electron chi connectivity index (χ0n) is 15.4. The lowest BCUT2D eigenvalue weighted by molar-refractivity contribution is 0.445. The van der Waals surface area contributed by atoms with Crippen LogP contribution in [0.5, 0.6) is 0 Å². The van der Waals surface area contributed by atoms with Gasteiger partial charge in [0, 0.05) is 11.1 Å². The Morgan fingerprint density at radius 2 is 0.964 bits per heavy atom. The quantitative estimate of drug-likeness (QED) is 0.465. The van der Waals surface area contributed by atoms with E-state index >= 15 is 0 Å². The van der Waals surface area contributed by atoms with Crippen LogP contribution >= 0.6 is 0 Å². The summed E-state index contributed by atoms with van der Waals surface area (Å²) < 4.78 is 35.7. The molecule has 4 rings (SSSR count). The van der Waals surface area contributed by atoms with Crippen LogP contribution in [-0.4, -0.2) is 22.6 Å². The van der Waals surface area contributed by atoms with Gasteiger partial charge >= 0.3 is 0 Å². The van der Waals surface area contributed by atoms with Crippen molar-refractivity contribution in [2.45, 2.75) is 9.79 Å². The molecule has 0 aliphatic rings. The molecule has 0 saturated carbocycles. The largest absolute Gasteiger partial charge is 0.290 e. The van der Waals surface area contributed by atoms with Gasteiger partial charge in [-0.2, -0.15) is 0 Å². The molecule has 0 bridgehead atoms. The van der Waals surface area contributed by atoms with Gasteiger partial charge in [-0.15, -0.1) is 0 Å². The van der Waals surface area contributed by atoms with Gasteiger partial charge in [0.25, 0.3) is 0 Å². The van der Waals surface area contributed by atoms with Gasteiger partial charge in [-0.25, -0.2) is 8.42 Å². The molecule has 0 N–H and O–H groups in total. The number of benzene rings is 4. The van der Waals surface area contributed by atoms with E-state index in [1.807, 2.05) is 60.7 Å². The van der Waals surface area contributed by atoms with Crippen LogP contribution < -0.4 is 0 Å². The van der Waals surface area contributed by atoms with Crippen LogP contribution in [0.4, 0.5) is 0 Å². The Morgan fingerprint density at radius 1 is 0.571 bits per heavy atom. The van der Waals surface area contributed by atoms with Crippen molar-refractivity contribution in [3.05, 3.63) is 72.8 Å². The van der Waals surface area contributed by atoms with Crippen molar-refractivity contribution in [2.24, 2.45) is 0 Å². The van der Waals surface area contributed by atoms with E-state index in [4.69, 9.17) is 8.37 Å². The van der Waals surface area contributed by atoms with Gasteiger partial charge in [-0.05, 0) is 33.7 Å². The second-order valence-electron chi connectivity index (χ2n) is 6.12. The Hall–Kier alpha value is -2.38. The minimum absolute atomic E-state index is 0.534. The molecule has 0 aliphatic carbocycles. The van der Waals surface area contributed by atoms with Crippen molar-refractivity contribution in [1.29, 1.82) is 0 Å². The standard InChI is InChI=1S/C22H18O4S2/c1-25-27(23)19-13-11-15-7-3-5-9-17(15)21(19)22-18-10-6-4-8-16(18)12-14-20(22)28(24)26-2/h3-14H,1-2H3. The van der Waals surface area contributed by atoms with Crippen LogP contribution in [0.2, 0.25) is 0 Å². The highest BCUT2D eigenvalue weighted by Crippen LogP contribution is 2.41. The third-order valence-electron chi connectivity index (χ3n) is 4.69. The minimum Gasteiger partial charge on any atom is -0.290 e. The van der Waals surface area contributed by atoms with Gasteiger partial charge in [-0.3, -0.25) is 8.37 Å². The molecule has 4 aromatic carbocycles. The monoisotopic (exact) mass is 410 g/mol. The summed E-state index contributed by atoms with van der Waals surface area (Å²) in [4.78, 5) is 1.07. The van der Waals surface area contributed by atoms with Crippen molar-refractivity contribution >= 4 is 43.7 Å². The first-order valence-corrected chi connectivity index (χ1v) is 10.8. The molecule has 0 aliphatic heterocycles. The van der Waals surface area contributed by atoms with Crippen molar-refractivity contribution < 1.29 is 16.8 Å². The topological polar surface area (TPSA) is 52.6 Å². The molecule has 6 heteroatoms. The third-order valence-corrected chi connectivity index (χ3v) is 6.70. The summed E-state index contributed by atoms with van der Waals surface area (Å²) >= 11 is -3.33. The fraction of sp³-hybridized carbons (Fsp3) is 0.0909. The fourth-order valence-electron chi connectivity index (χ4n) is 3.48. The highest BCUT2D eigenvalue weighted by Gasteiger charge is 2.22. The molecule has 2 atom stereocenters. The maximum Gasteiger partial charge on any atom is 0.189 e. The van der Waals surface area contributed by atoms with E-state index in [0.717, 1.165) is 32.7 Å². The first kappa shape index (κ1) is 19.0. The van der Waals surface area contributed by atoms with Gasteiger partial charge < -0.3 is 0 Å². The highest BCUT2D eigenvalue weighted by atomic mass is 32.2. The molecule has 0 heterocycles. The fourth-order valence-corrected chi connectivity index (χ4v) is 4.95. The number of fused-ring (bicyclic) bond motifs is 2. The molecule has 142 valence electrons. The Kier molecular flexibility index (Phi) is 5.37. The summed E-state index contributed by atoms with van der Waals surface area (Å²) in [5, 5.41) is 3.82. The van der Waals surface area contributed by atoms with E-state index in [9.17, 15) is 8.42 Å². The molecule has 0 saturated heterocycles. The summed E-state index contributed by atoms with van der Waals surface area (Å²) in [6.45, 7) is 0. The molecule has 0 amide bonds. The summed E-state index contributed by atoms with van der Waals surface area (Å²) in [6, 6.07) is 23.2. The Labute approximate surface area is 168 Å². The second kappa shape index (κ2) is 7.93. The van der Waals surface area contributed by atoms with Crippen LogP contribution in [0, 0.1) is 0 Å². The van der Waals surface area contributed by atoms with Crippen molar-refractivity contribution in [3.63, 3.8) is 0 Å². The van der Waals surface area contributed by atoms with Gasteiger partial charge in [0.2, 0.25) is 0 Å². The second-order valence-corrected chi connectivity index (χ2v) is 8.61. The van der Waals surface area contributed by atoms with Gasteiger partial charge in [0.15, 0.2) is 22.2 Å². The van der Waals surface area contributed by atoms with Crippen LogP contribution in [0.3, 0.4) is 0 Å². The molecular formula is C22H18O4S2. The zero-order valence-corrected chi connectivity index (χ0v) is 17.0.